The van der Waals surface area contributed by atoms with Gasteiger partial charge in [-0.1, -0.05) is 24.3 Å². The second kappa shape index (κ2) is 9.66. The van der Waals surface area contributed by atoms with E-state index in [9.17, 15) is 12.8 Å². The lowest BCUT2D eigenvalue weighted by Crippen LogP contribution is -2.36. The molecule has 2 aromatic carbocycles. The molecule has 0 atom stereocenters. The number of benzene rings is 2. The van der Waals surface area contributed by atoms with Gasteiger partial charge in [-0.05, 0) is 48.7 Å². The third-order valence-electron chi connectivity index (χ3n) is 4.16. The Kier molecular flexibility index (Phi) is 7.53. The number of rotatable bonds is 7. The van der Waals surface area contributed by atoms with Gasteiger partial charge >= 0.3 is 0 Å². The second-order valence-corrected chi connectivity index (χ2v) is 8.72. The van der Waals surface area contributed by atoms with Crippen LogP contribution in [0.3, 0.4) is 0 Å². The van der Waals surface area contributed by atoms with Crippen LogP contribution < -0.4 is 10.6 Å². The van der Waals surface area contributed by atoms with Crippen LogP contribution in [0.5, 0.6) is 0 Å². The maximum atomic E-state index is 13.7. The van der Waals surface area contributed by atoms with E-state index >= 15 is 0 Å². The molecule has 0 amide bonds. The van der Waals surface area contributed by atoms with E-state index in [1.165, 1.54) is 24.5 Å². The van der Waals surface area contributed by atoms with Gasteiger partial charge in [0.15, 0.2) is 5.96 Å². The first-order chi connectivity index (χ1) is 13.2. The molecule has 2 aromatic rings. The fourth-order valence-electron chi connectivity index (χ4n) is 2.42. The molecule has 0 aliphatic rings. The minimum atomic E-state index is -3.43. The molecule has 0 unspecified atom stereocenters. The molecule has 0 aromatic heterocycles. The highest BCUT2D eigenvalue weighted by atomic mass is 32.2. The van der Waals surface area contributed by atoms with Crippen LogP contribution >= 0.6 is 0 Å². The van der Waals surface area contributed by atoms with Crippen molar-refractivity contribution in [3.63, 3.8) is 0 Å². The molecular weight excluding hydrogens is 379 g/mol. The van der Waals surface area contributed by atoms with Crippen LogP contribution in [0.15, 0.2) is 52.4 Å². The lowest BCUT2D eigenvalue weighted by molar-refractivity contribution is 0.520. The van der Waals surface area contributed by atoms with E-state index in [1.807, 2.05) is 13.0 Å². The summed E-state index contributed by atoms with van der Waals surface area (Å²) < 4.78 is 39.1. The predicted octanol–water partition coefficient (Wildman–Crippen LogP) is 2.64. The molecule has 2 rings (SSSR count). The Morgan fingerprint density at radius 1 is 1.07 bits per heavy atom. The van der Waals surface area contributed by atoms with Crippen molar-refractivity contribution in [2.24, 2.45) is 4.99 Å². The first-order valence-corrected chi connectivity index (χ1v) is 10.5. The van der Waals surface area contributed by atoms with E-state index in [4.69, 9.17) is 0 Å². The molecule has 0 spiro atoms. The molecule has 0 heterocycles. The molecule has 0 saturated heterocycles. The van der Waals surface area contributed by atoms with Crippen molar-refractivity contribution in [2.75, 3.05) is 20.6 Å². The van der Waals surface area contributed by atoms with Crippen LogP contribution in [-0.4, -0.2) is 39.3 Å². The summed E-state index contributed by atoms with van der Waals surface area (Å²) in [5.41, 5.74) is 2.32. The van der Waals surface area contributed by atoms with Gasteiger partial charge < -0.3 is 10.6 Å². The highest BCUT2D eigenvalue weighted by Crippen LogP contribution is 2.14. The van der Waals surface area contributed by atoms with Gasteiger partial charge in [-0.15, -0.1) is 0 Å². The minimum absolute atomic E-state index is 0.238. The summed E-state index contributed by atoms with van der Waals surface area (Å²) in [5, 5.41) is 6.34. The van der Waals surface area contributed by atoms with Crippen LogP contribution in [0.25, 0.3) is 0 Å². The summed E-state index contributed by atoms with van der Waals surface area (Å²) in [5.74, 6) is 0.367. The van der Waals surface area contributed by atoms with Gasteiger partial charge in [0.2, 0.25) is 10.0 Å². The minimum Gasteiger partial charge on any atom is -0.357 e. The Bertz CT molecular complexity index is 926. The largest absolute Gasteiger partial charge is 0.357 e. The Morgan fingerprint density at radius 3 is 2.29 bits per heavy atom. The number of sulfonamides is 1. The fourth-order valence-corrected chi connectivity index (χ4v) is 3.32. The van der Waals surface area contributed by atoms with Gasteiger partial charge in [-0.2, -0.15) is 0 Å². The van der Waals surface area contributed by atoms with Crippen molar-refractivity contribution < 1.29 is 12.8 Å². The lowest BCUT2D eigenvalue weighted by atomic mass is 10.1. The van der Waals surface area contributed by atoms with Gasteiger partial charge in [0.25, 0.3) is 0 Å². The van der Waals surface area contributed by atoms with Crippen LogP contribution in [-0.2, 0) is 23.1 Å². The monoisotopic (exact) mass is 406 g/mol. The number of hydrogen-bond donors (Lipinski definition) is 2. The Hall–Kier alpha value is -2.45. The summed E-state index contributed by atoms with van der Waals surface area (Å²) >= 11 is 0. The van der Waals surface area contributed by atoms with E-state index in [1.54, 1.807) is 37.3 Å². The van der Waals surface area contributed by atoms with Crippen molar-refractivity contribution in [2.45, 2.75) is 31.8 Å². The second-order valence-electron chi connectivity index (χ2n) is 6.56. The number of nitrogens with zero attached hydrogens (tertiary/aromatic N) is 2. The van der Waals surface area contributed by atoms with Crippen molar-refractivity contribution in [3.8, 4) is 0 Å². The van der Waals surface area contributed by atoms with Crippen molar-refractivity contribution in [1.29, 1.82) is 0 Å². The molecule has 6 nitrogen and oxygen atoms in total. The molecule has 2 N–H and O–H groups in total. The van der Waals surface area contributed by atoms with Crippen LogP contribution in [0.2, 0.25) is 0 Å². The van der Waals surface area contributed by atoms with Crippen LogP contribution in [0.4, 0.5) is 4.39 Å². The SMILES string of the molecule is CCNC(=NCc1ccc(C)c(F)c1)NCc1ccc(S(=O)(=O)N(C)C)cc1. The smallest absolute Gasteiger partial charge is 0.242 e. The van der Waals surface area contributed by atoms with E-state index in [0.717, 1.165) is 11.1 Å². The molecule has 152 valence electrons. The van der Waals surface area contributed by atoms with Crippen LogP contribution in [0.1, 0.15) is 23.6 Å². The van der Waals surface area contributed by atoms with Gasteiger partial charge in [0.1, 0.15) is 5.82 Å². The van der Waals surface area contributed by atoms with Crippen LogP contribution in [0, 0.1) is 12.7 Å². The van der Waals surface area contributed by atoms with Crippen molar-refractivity contribution >= 4 is 16.0 Å². The number of nitrogens with one attached hydrogen (secondary N) is 2. The van der Waals surface area contributed by atoms with Gasteiger partial charge in [0.05, 0.1) is 11.4 Å². The number of halogens is 1. The molecular formula is C20H27FN4O2S. The Morgan fingerprint density at radius 2 is 1.71 bits per heavy atom. The highest BCUT2D eigenvalue weighted by molar-refractivity contribution is 7.89. The Balaban J connectivity index is 2.03. The van der Waals surface area contributed by atoms with Crippen molar-refractivity contribution in [3.05, 3.63) is 65.0 Å². The molecule has 0 aliphatic carbocycles. The topological polar surface area (TPSA) is 73.8 Å². The van der Waals surface area contributed by atoms with E-state index < -0.39 is 10.0 Å². The zero-order valence-electron chi connectivity index (χ0n) is 16.7. The molecule has 0 fully saturated rings. The number of aryl methyl sites for hydroxylation is 1. The summed E-state index contributed by atoms with van der Waals surface area (Å²) in [4.78, 5) is 4.73. The molecule has 0 saturated carbocycles. The third kappa shape index (κ3) is 5.77. The number of guanidine groups is 1. The van der Waals surface area contributed by atoms with Gasteiger partial charge in [0, 0.05) is 27.2 Å². The molecule has 0 aliphatic heterocycles. The normalized spacial score (nSPS) is 12.3. The fraction of sp³-hybridized carbons (Fsp3) is 0.350. The zero-order valence-corrected chi connectivity index (χ0v) is 17.5. The average Bonchev–Trinajstić information content (AvgIpc) is 2.67. The predicted molar refractivity (Wildman–Crippen MR) is 110 cm³/mol. The van der Waals surface area contributed by atoms with Gasteiger partial charge in [-0.3, -0.25) is 0 Å². The average molecular weight is 407 g/mol. The Labute approximate surface area is 166 Å². The standard InChI is InChI=1S/C20H27FN4O2S/c1-5-22-20(24-14-17-7-6-15(2)19(21)12-17)23-13-16-8-10-18(11-9-16)28(26,27)25(3)4/h6-12H,5,13-14H2,1-4H3,(H2,22,23,24). The molecule has 0 radical (unpaired) electrons. The third-order valence-corrected chi connectivity index (χ3v) is 5.99. The molecule has 28 heavy (non-hydrogen) atoms. The van der Waals surface area contributed by atoms with Crippen molar-refractivity contribution in [1.82, 2.24) is 14.9 Å². The summed E-state index contributed by atoms with van der Waals surface area (Å²) in [6.45, 7) is 5.21. The maximum Gasteiger partial charge on any atom is 0.242 e. The zero-order chi connectivity index (χ0) is 20.7. The highest BCUT2D eigenvalue weighted by Gasteiger charge is 2.16. The summed E-state index contributed by atoms with van der Waals surface area (Å²) in [6, 6.07) is 11.8. The van der Waals surface area contributed by atoms with E-state index in [0.29, 0.717) is 31.2 Å². The van der Waals surface area contributed by atoms with E-state index in [-0.39, 0.29) is 10.7 Å². The first-order valence-electron chi connectivity index (χ1n) is 9.02. The lowest BCUT2D eigenvalue weighted by Gasteiger charge is -2.13. The quantitative estimate of drug-likeness (QED) is 0.548. The first kappa shape index (κ1) is 21.8. The maximum absolute atomic E-state index is 13.7. The molecule has 0 bridgehead atoms. The summed E-state index contributed by atoms with van der Waals surface area (Å²) in [6.07, 6.45) is 0. The summed E-state index contributed by atoms with van der Waals surface area (Å²) in [7, 11) is -0.426. The number of hydrogen-bond acceptors (Lipinski definition) is 3. The molecule has 8 heteroatoms. The van der Waals surface area contributed by atoms with E-state index in [2.05, 4.69) is 15.6 Å². The van der Waals surface area contributed by atoms with Gasteiger partial charge in [-0.25, -0.2) is 22.1 Å². The number of aliphatic imine (C=N–C) groups is 1.